The van der Waals surface area contributed by atoms with E-state index in [9.17, 15) is 20.1 Å². The molecule has 1 aromatic heterocycles. The number of nitrogens with zero attached hydrogens (tertiary/aromatic N) is 1. The molecule has 3 aliphatic carbocycles. The van der Waals surface area contributed by atoms with E-state index in [0.717, 1.165) is 51.4 Å². The van der Waals surface area contributed by atoms with Crippen molar-refractivity contribution in [2.24, 2.45) is 34.5 Å². The number of pyridine rings is 1. The van der Waals surface area contributed by atoms with Gasteiger partial charge in [0.1, 0.15) is 5.69 Å². The molecule has 0 amide bonds. The molecule has 6 nitrogen and oxygen atoms in total. The summed E-state index contributed by atoms with van der Waals surface area (Å²) >= 11 is 0. The van der Waals surface area contributed by atoms with Crippen LogP contribution in [0.2, 0.25) is 0 Å². The van der Waals surface area contributed by atoms with Gasteiger partial charge in [-0.05, 0) is 112 Å². The SMILES string of the molecule is CCC(C(=O)c1ccccn1)[C@H](O)CC[C@@](C)(C=N)C1CCC2/C(=C/CC3C[C@@H](O)C[C@H](O)C3)CCC[C@@]21C. The number of nitrogens with one attached hydrogen (secondary N) is 1. The number of hydrogen-bond acceptors (Lipinski definition) is 6. The van der Waals surface area contributed by atoms with E-state index in [1.165, 1.54) is 0 Å². The minimum absolute atomic E-state index is 0.102. The maximum absolute atomic E-state index is 13.1. The van der Waals surface area contributed by atoms with Crippen LogP contribution in [0.4, 0.5) is 0 Å². The summed E-state index contributed by atoms with van der Waals surface area (Å²) in [6.07, 6.45) is 14.5. The fourth-order valence-electron chi connectivity index (χ4n) is 8.59. The highest BCUT2D eigenvalue weighted by molar-refractivity contribution is 5.96. The molecule has 39 heavy (non-hydrogen) atoms. The molecule has 6 heteroatoms. The summed E-state index contributed by atoms with van der Waals surface area (Å²) < 4.78 is 0. The van der Waals surface area contributed by atoms with Crippen LogP contribution in [0.5, 0.6) is 0 Å². The van der Waals surface area contributed by atoms with E-state index < -0.39 is 12.0 Å². The van der Waals surface area contributed by atoms with Gasteiger partial charge in [0, 0.05) is 23.7 Å². The van der Waals surface area contributed by atoms with E-state index >= 15 is 0 Å². The number of aliphatic hydroxyl groups excluding tert-OH is 3. The topological polar surface area (TPSA) is 114 Å². The zero-order valence-corrected chi connectivity index (χ0v) is 24.2. The molecule has 8 atom stereocenters. The van der Waals surface area contributed by atoms with Gasteiger partial charge >= 0.3 is 0 Å². The molecule has 4 N–H and O–H groups in total. The van der Waals surface area contributed by atoms with E-state index in [4.69, 9.17) is 5.41 Å². The van der Waals surface area contributed by atoms with Crippen LogP contribution < -0.4 is 0 Å². The lowest BCUT2D eigenvalue weighted by molar-refractivity contribution is 0.0147. The van der Waals surface area contributed by atoms with Gasteiger partial charge in [-0.2, -0.15) is 0 Å². The number of fused-ring (bicyclic) bond motifs is 1. The Morgan fingerprint density at radius 1 is 1.23 bits per heavy atom. The minimum atomic E-state index is -0.753. The molecule has 3 fully saturated rings. The van der Waals surface area contributed by atoms with Crippen LogP contribution in [-0.4, -0.2) is 50.6 Å². The fourth-order valence-corrected chi connectivity index (χ4v) is 8.59. The van der Waals surface area contributed by atoms with E-state index in [0.29, 0.717) is 49.1 Å². The molecule has 0 bridgehead atoms. The average molecular weight is 539 g/mol. The second-order valence-corrected chi connectivity index (χ2v) is 13.3. The van der Waals surface area contributed by atoms with Crippen LogP contribution in [0.3, 0.4) is 0 Å². The van der Waals surface area contributed by atoms with Crippen LogP contribution in [0.25, 0.3) is 0 Å². The molecule has 0 spiro atoms. The number of hydrogen-bond donors (Lipinski definition) is 4. The highest BCUT2D eigenvalue weighted by Gasteiger charge is 2.54. The third-order valence-electron chi connectivity index (χ3n) is 10.7. The third-order valence-corrected chi connectivity index (χ3v) is 10.7. The number of Topliss-reactive ketones (excluding diaryl/α,β-unsaturated/α-hetero) is 1. The standard InChI is InChI=1S/C33H50N2O4/c1-4-26(31(39)28-9-5-6-17-35-28)29(38)14-16-32(2,21-34)30-13-12-27-23(8-7-15-33(27,30)3)11-10-22-18-24(36)20-25(37)19-22/h5-6,9,11,17,21-22,24-27,29-30,34,36-38H,4,7-8,10,12-16,18-20H2,1-3H3/b23-11+,34-21?/t24-,25-,26?,27?,29-,30?,32+,33+/m1/s1. The van der Waals surface area contributed by atoms with Crippen molar-refractivity contribution in [3.63, 3.8) is 0 Å². The Hall–Kier alpha value is -1.89. The van der Waals surface area contributed by atoms with Gasteiger partial charge in [0.2, 0.25) is 0 Å². The molecule has 0 aliphatic heterocycles. The number of rotatable bonds is 11. The summed E-state index contributed by atoms with van der Waals surface area (Å²) in [5, 5.41) is 39.9. The third kappa shape index (κ3) is 6.55. The Bertz CT molecular complexity index is 1000. The van der Waals surface area contributed by atoms with Crippen LogP contribution >= 0.6 is 0 Å². The van der Waals surface area contributed by atoms with Gasteiger partial charge in [-0.15, -0.1) is 0 Å². The van der Waals surface area contributed by atoms with Crippen molar-refractivity contribution in [3.05, 3.63) is 41.7 Å². The zero-order chi connectivity index (χ0) is 28.2. The summed E-state index contributed by atoms with van der Waals surface area (Å²) in [6, 6.07) is 5.30. The lowest BCUT2D eigenvalue weighted by Crippen LogP contribution is -2.43. The monoisotopic (exact) mass is 538 g/mol. The molecule has 4 rings (SSSR count). The van der Waals surface area contributed by atoms with E-state index in [1.54, 1.807) is 36.2 Å². The van der Waals surface area contributed by atoms with Crippen LogP contribution in [0.1, 0.15) is 108 Å². The lowest BCUT2D eigenvalue weighted by atomic mass is 9.56. The van der Waals surface area contributed by atoms with E-state index in [1.807, 2.05) is 6.92 Å². The summed E-state index contributed by atoms with van der Waals surface area (Å²) in [5.41, 5.74) is 1.72. The Labute approximate surface area is 234 Å². The highest BCUT2D eigenvalue weighted by Crippen LogP contribution is 2.62. The smallest absolute Gasteiger partial charge is 0.186 e. The van der Waals surface area contributed by atoms with Crippen molar-refractivity contribution in [1.29, 1.82) is 5.41 Å². The van der Waals surface area contributed by atoms with Gasteiger partial charge < -0.3 is 20.7 Å². The largest absolute Gasteiger partial charge is 0.393 e. The predicted molar refractivity (Wildman–Crippen MR) is 155 cm³/mol. The molecular weight excluding hydrogens is 488 g/mol. The number of aliphatic hydroxyl groups is 3. The maximum Gasteiger partial charge on any atom is 0.186 e. The van der Waals surface area contributed by atoms with Gasteiger partial charge in [-0.3, -0.25) is 9.78 Å². The Morgan fingerprint density at radius 3 is 2.62 bits per heavy atom. The zero-order valence-electron chi connectivity index (χ0n) is 24.2. The van der Waals surface area contributed by atoms with Crippen LogP contribution in [0.15, 0.2) is 36.0 Å². The molecule has 1 heterocycles. The van der Waals surface area contributed by atoms with Crippen LogP contribution in [0, 0.1) is 39.9 Å². The first-order valence-electron chi connectivity index (χ1n) is 15.3. The molecule has 3 aliphatic rings. The summed E-state index contributed by atoms with van der Waals surface area (Å²) in [5.74, 6) is 0.620. The Kier molecular flexibility index (Phi) is 9.83. The van der Waals surface area contributed by atoms with Crippen molar-refractivity contribution < 1.29 is 20.1 Å². The lowest BCUT2D eigenvalue weighted by Gasteiger charge is -2.48. The Balaban J connectivity index is 1.43. The second-order valence-electron chi connectivity index (χ2n) is 13.3. The highest BCUT2D eigenvalue weighted by atomic mass is 16.3. The molecule has 3 unspecified atom stereocenters. The van der Waals surface area contributed by atoms with Gasteiger partial charge in [0.05, 0.1) is 18.3 Å². The van der Waals surface area contributed by atoms with E-state index in [-0.39, 0.29) is 28.8 Å². The Morgan fingerprint density at radius 2 is 1.97 bits per heavy atom. The van der Waals surface area contributed by atoms with Gasteiger partial charge in [-0.1, -0.05) is 38.5 Å². The number of carbonyl (C=O) groups excluding carboxylic acids is 1. The molecule has 0 saturated heterocycles. The van der Waals surface area contributed by atoms with Crippen LogP contribution in [-0.2, 0) is 0 Å². The summed E-state index contributed by atoms with van der Waals surface area (Å²) in [4.78, 5) is 17.3. The first-order valence-corrected chi connectivity index (χ1v) is 15.3. The molecule has 0 radical (unpaired) electrons. The first-order chi connectivity index (χ1) is 18.6. The number of ketones is 1. The molecule has 0 aromatic carbocycles. The summed E-state index contributed by atoms with van der Waals surface area (Å²) in [7, 11) is 0. The average Bonchev–Trinajstić information content (AvgIpc) is 3.29. The number of carbonyl (C=O) groups is 1. The van der Waals surface area contributed by atoms with Crippen molar-refractivity contribution in [3.8, 4) is 0 Å². The molecule has 216 valence electrons. The maximum atomic E-state index is 13.1. The van der Waals surface area contributed by atoms with E-state index in [2.05, 4.69) is 24.9 Å². The van der Waals surface area contributed by atoms with Gasteiger partial charge in [0.25, 0.3) is 0 Å². The van der Waals surface area contributed by atoms with Gasteiger partial charge in [-0.25, -0.2) is 0 Å². The predicted octanol–water partition coefficient (Wildman–Crippen LogP) is 6.14. The van der Waals surface area contributed by atoms with Crippen molar-refractivity contribution >= 4 is 12.0 Å². The van der Waals surface area contributed by atoms with Crippen molar-refractivity contribution in [2.45, 2.75) is 116 Å². The molecule has 1 aromatic rings. The quantitative estimate of drug-likeness (QED) is 0.153. The second kappa shape index (κ2) is 12.7. The summed E-state index contributed by atoms with van der Waals surface area (Å²) in [6.45, 7) is 6.56. The number of aromatic nitrogens is 1. The van der Waals surface area contributed by atoms with Gasteiger partial charge in [0.15, 0.2) is 5.78 Å². The number of allylic oxidation sites excluding steroid dienone is 2. The first kappa shape index (κ1) is 30.1. The van der Waals surface area contributed by atoms with Crippen molar-refractivity contribution in [1.82, 2.24) is 4.98 Å². The molecule has 3 saturated carbocycles. The normalized spacial score (nSPS) is 35.1. The minimum Gasteiger partial charge on any atom is -0.393 e. The fraction of sp³-hybridized carbons (Fsp3) is 0.727. The van der Waals surface area contributed by atoms with Crippen molar-refractivity contribution in [2.75, 3.05) is 0 Å². The molecular formula is C33H50N2O4.